The Morgan fingerprint density at radius 3 is 2.46 bits per heavy atom. The summed E-state index contributed by atoms with van der Waals surface area (Å²) in [5.74, 6) is -4.20. The molecule has 35 heavy (non-hydrogen) atoms. The van der Waals surface area contributed by atoms with Crippen molar-refractivity contribution >= 4 is 29.4 Å². The number of rotatable bonds is 5. The molecule has 8 nitrogen and oxygen atoms in total. The highest BCUT2D eigenvalue weighted by molar-refractivity contribution is 6.23. The zero-order valence-electron chi connectivity index (χ0n) is 19.2. The van der Waals surface area contributed by atoms with Crippen LogP contribution in [0.25, 0.3) is 0 Å². The van der Waals surface area contributed by atoms with E-state index < -0.39 is 29.6 Å². The number of carboxylic acid groups (broad SMARTS) is 1. The first-order valence-corrected chi connectivity index (χ1v) is 11.7. The molecule has 2 amide bonds. The van der Waals surface area contributed by atoms with E-state index in [0.29, 0.717) is 23.1 Å². The first-order valence-electron chi connectivity index (χ1n) is 11.7. The van der Waals surface area contributed by atoms with Gasteiger partial charge in [0.05, 0.1) is 11.8 Å². The second-order valence-electron chi connectivity index (χ2n) is 9.65. The van der Waals surface area contributed by atoms with Gasteiger partial charge in [0.15, 0.2) is 11.6 Å². The van der Waals surface area contributed by atoms with Gasteiger partial charge in [0.1, 0.15) is 5.75 Å². The number of phenols is 1. The predicted octanol–water partition coefficient (Wildman–Crippen LogP) is 2.69. The van der Waals surface area contributed by atoms with Gasteiger partial charge in [-0.25, -0.2) is 0 Å². The summed E-state index contributed by atoms with van der Waals surface area (Å²) < 4.78 is 0. The summed E-state index contributed by atoms with van der Waals surface area (Å²) in [6, 6.07) is 6.48. The van der Waals surface area contributed by atoms with Gasteiger partial charge in [0, 0.05) is 35.6 Å². The lowest BCUT2D eigenvalue weighted by molar-refractivity contribution is -0.142. The van der Waals surface area contributed by atoms with Crippen LogP contribution in [0.1, 0.15) is 44.1 Å². The van der Waals surface area contributed by atoms with Crippen LogP contribution in [-0.4, -0.2) is 51.0 Å². The van der Waals surface area contributed by atoms with Gasteiger partial charge in [-0.2, -0.15) is 0 Å². The number of ketones is 2. The smallest absolute Gasteiger partial charge is 0.303 e. The van der Waals surface area contributed by atoms with Crippen molar-refractivity contribution in [2.75, 3.05) is 6.54 Å². The SMILES string of the molecule is CC1=CC(=O)C2=C(C1=O)[C@@H](c1ccc(O)cc1)C1=CC[C@@H]3C(=O)N(CCCC(=O)O)C(=O)[C@@H]3[C@@H]1C2. The van der Waals surface area contributed by atoms with Gasteiger partial charge in [-0.1, -0.05) is 23.8 Å². The minimum Gasteiger partial charge on any atom is -0.508 e. The van der Waals surface area contributed by atoms with Crippen LogP contribution in [0.3, 0.4) is 0 Å². The molecular weight excluding hydrogens is 450 g/mol. The Morgan fingerprint density at radius 2 is 1.77 bits per heavy atom. The summed E-state index contributed by atoms with van der Waals surface area (Å²) in [5, 5.41) is 18.7. The molecule has 1 aromatic carbocycles. The van der Waals surface area contributed by atoms with Gasteiger partial charge in [-0.15, -0.1) is 0 Å². The highest BCUT2D eigenvalue weighted by Crippen LogP contribution is 2.55. The lowest BCUT2D eigenvalue weighted by Crippen LogP contribution is -2.39. The number of carboxylic acids is 1. The lowest BCUT2D eigenvalue weighted by Gasteiger charge is -2.42. The number of carbonyl (C=O) groups is 5. The molecule has 1 fully saturated rings. The van der Waals surface area contributed by atoms with Crippen LogP contribution < -0.4 is 0 Å². The Bertz CT molecular complexity index is 1270. The molecule has 180 valence electrons. The Labute approximate surface area is 201 Å². The van der Waals surface area contributed by atoms with E-state index in [1.165, 1.54) is 23.1 Å². The molecule has 1 aliphatic heterocycles. The number of aliphatic carboxylic acids is 1. The topological polar surface area (TPSA) is 129 Å². The van der Waals surface area contributed by atoms with Crippen molar-refractivity contribution in [3.8, 4) is 5.75 Å². The third-order valence-corrected chi connectivity index (χ3v) is 7.65. The molecule has 5 rings (SSSR count). The summed E-state index contributed by atoms with van der Waals surface area (Å²) in [7, 11) is 0. The summed E-state index contributed by atoms with van der Waals surface area (Å²) >= 11 is 0. The summed E-state index contributed by atoms with van der Waals surface area (Å²) in [4.78, 5) is 64.9. The van der Waals surface area contributed by atoms with Crippen LogP contribution in [-0.2, 0) is 24.0 Å². The number of hydrogen-bond acceptors (Lipinski definition) is 6. The molecule has 0 aromatic heterocycles. The normalized spacial score (nSPS) is 27.9. The number of nitrogens with zero attached hydrogens (tertiary/aromatic N) is 1. The monoisotopic (exact) mass is 475 g/mol. The van der Waals surface area contributed by atoms with E-state index >= 15 is 0 Å². The number of allylic oxidation sites excluding steroid dienone is 6. The Kier molecular flexibility index (Phi) is 5.54. The van der Waals surface area contributed by atoms with Gasteiger partial charge in [0.25, 0.3) is 0 Å². The van der Waals surface area contributed by atoms with Crippen LogP contribution in [0.2, 0.25) is 0 Å². The van der Waals surface area contributed by atoms with Gasteiger partial charge >= 0.3 is 5.97 Å². The van der Waals surface area contributed by atoms with Crippen LogP contribution in [0, 0.1) is 17.8 Å². The third-order valence-electron chi connectivity index (χ3n) is 7.65. The molecule has 0 spiro atoms. The molecule has 8 heteroatoms. The van der Waals surface area contributed by atoms with Gasteiger partial charge < -0.3 is 10.2 Å². The predicted molar refractivity (Wildman–Crippen MR) is 123 cm³/mol. The maximum absolute atomic E-state index is 13.4. The minimum atomic E-state index is -0.988. The van der Waals surface area contributed by atoms with Crippen LogP contribution in [0.15, 0.2) is 58.7 Å². The molecule has 0 unspecified atom stereocenters. The van der Waals surface area contributed by atoms with E-state index in [9.17, 15) is 29.1 Å². The number of hydrogen-bond donors (Lipinski definition) is 2. The molecule has 2 N–H and O–H groups in total. The molecule has 0 bridgehead atoms. The fourth-order valence-corrected chi connectivity index (χ4v) is 6.08. The number of amides is 2. The number of phenolic OH excluding ortho intramolecular Hbond substituents is 1. The molecule has 0 radical (unpaired) electrons. The van der Waals surface area contributed by atoms with Crippen LogP contribution >= 0.6 is 0 Å². The first-order chi connectivity index (χ1) is 16.7. The fourth-order valence-electron chi connectivity index (χ4n) is 6.08. The zero-order valence-corrected chi connectivity index (χ0v) is 19.2. The van der Waals surface area contributed by atoms with E-state index in [1.807, 2.05) is 6.08 Å². The van der Waals surface area contributed by atoms with Crippen LogP contribution in [0.5, 0.6) is 5.75 Å². The highest BCUT2D eigenvalue weighted by Gasteiger charge is 2.56. The molecule has 4 aliphatic rings. The molecule has 3 aliphatic carbocycles. The third kappa shape index (κ3) is 3.64. The quantitative estimate of drug-likeness (QED) is 0.381. The van der Waals surface area contributed by atoms with Crippen molar-refractivity contribution in [3.05, 3.63) is 64.3 Å². The second-order valence-corrected chi connectivity index (χ2v) is 9.65. The second kappa shape index (κ2) is 8.45. The van der Waals surface area contributed by atoms with Crippen molar-refractivity contribution in [2.24, 2.45) is 17.8 Å². The van der Waals surface area contributed by atoms with E-state index in [2.05, 4.69) is 0 Å². The largest absolute Gasteiger partial charge is 0.508 e. The van der Waals surface area contributed by atoms with E-state index in [0.717, 1.165) is 11.1 Å². The van der Waals surface area contributed by atoms with Crippen LogP contribution in [0.4, 0.5) is 0 Å². The van der Waals surface area contributed by atoms with Gasteiger partial charge in [-0.05, 0) is 55.9 Å². The van der Waals surface area contributed by atoms with Crippen molar-refractivity contribution in [3.63, 3.8) is 0 Å². The lowest BCUT2D eigenvalue weighted by atomic mass is 9.59. The van der Waals surface area contributed by atoms with Crippen molar-refractivity contribution < 1.29 is 34.2 Å². The average molecular weight is 475 g/mol. The van der Waals surface area contributed by atoms with E-state index in [4.69, 9.17) is 5.11 Å². The summed E-state index contributed by atoms with van der Waals surface area (Å²) in [6.07, 6.45) is 3.85. The number of fused-ring (bicyclic) bond motifs is 3. The average Bonchev–Trinajstić information content (AvgIpc) is 3.06. The number of carbonyl (C=O) groups excluding carboxylic acids is 4. The first kappa shape index (κ1) is 23.0. The number of aromatic hydroxyl groups is 1. The minimum absolute atomic E-state index is 0.0493. The Balaban J connectivity index is 1.57. The molecule has 4 atom stereocenters. The van der Waals surface area contributed by atoms with Gasteiger partial charge in [0.2, 0.25) is 11.8 Å². The maximum atomic E-state index is 13.4. The Hall–Kier alpha value is -3.81. The molecular formula is C27H25NO7. The standard InChI is InChI=1S/C27H25NO7/c1-13-11-20(30)19-12-18-16(22(24(19)25(13)33)14-4-6-15(29)7-5-14)8-9-17-23(18)27(35)28(26(17)34)10-2-3-21(31)32/h4-8,11,17-18,22-23,29H,2-3,9-10,12H2,1H3,(H,31,32)/t17-,18+,22-,23-/m0/s1. The number of imide groups is 1. The van der Waals surface area contributed by atoms with E-state index in [-0.39, 0.29) is 54.9 Å². The number of benzene rings is 1. The summed E-state index contributed by atoms with van der Waals surface area (Å²) in [6.45, 7) is 1.66. The highest BCUT2D eigenvalue weighted by atomic mass is 16.4. The van der Waals surface area contributed by atoms with Crippen molar-refractivity contribution in [2.45, 2.75) is 38.5 Å². The number of Topliss-reactive ketones (excluding diaryl/α,β-unsaturated/α-hetero) is 1. The van der Waals surface area contributed by atoms with Crippen molar-refractivity contribution in [1.29, 1.82) is 0 Å². The van der Waals surface area contributed by atoms with Gasteiger partial charge in [-0.3, -0.25) is 28.9 Å². The van der Waals surface area contributed by atoms with E-state index in [1.54, 1.807) is 19.1 Å². The summed E-state index contributed by atoms with van der Waals surface area (Å²) in [5.41, 5.74) is 2.74. The molecule has 0 saturated carbocycles. The maximum Gasteiger partial charge on any atom is 0.303 e. The Morgan fingerprint density at radius 1 is 1.06 bits per heavy atom. The number of likely N-dealkylation sites (tertiary alicyclic amines) is 1. The molecule has 1 heterocycles. The van der Waals surface area contributed by atoms with Crippen molar-refractivity contribution in [1.82, 2.24) is 4.90 Å². The molecule has 1 saturated heterocycles. The molecule has 1 aromatic rings. The fraction of sp³-hybridized carbons (Fsp3) is 0.370. The zero-order chi connectivity index (χ0) is 25.0.